The number of halogens is 2. The van der Waals surface area contributed by atoms with E-state index in [9.17, 15) is 4.39 Å². The SMILES string of the molecule is C=C1C(C)=CC=C(c2ccc(F)cc2Br)N1CC. The summed E-state index contributed by atoms with van der Waals surface area (Å²) >= 11 is 3.42. The van der Waals surface area contributed by atoms with Gasteiger partial charge in [-0.2, -0.15) is 0 Å². The van der Waals surface area contributed by atoms with E-state index < -0.39 is 0 Å². The predicted octanol–water partition coefficient (Wildman–Crippen LogP) is 4.72. The van der Waals surface area contributed by atoms with E-state index in [0.29, 0.717) is 0 Å². The van der Waals surface area contributed by atoms with Gasteiger partial charge in [0.05, 0.1) is 0 Å². The van der Waals surface area contributed by atoms with Gasteiger partial charge >= 0.3 is 0 Å². The van der Waals surface area contributed by atoms with Crippen LogP contribution in [0.5, 0.6) is 0 Å². The highest BCUT2D eigenvalue weighted by molar-refractivity contribution is 9.10. The maximum Gasteiger partial charge on any atom is 0.124 e. The Labute approximate surface area is 115 Å². The molecule has 0 saturated carbocycles. The van der Waals surface area contributed by atoms with Crippen LogP contribution in [0.2, 0.25) is 0 Å². The Morgan fingerprint density at radius 1 is 1.33 bits per heavy atom. The molecule has 0 N–H and O–H groups in total. The van der Waals surface area contributed by atoms with Crippen LogP contribution in [0.25, 0.3) is 5.70 Å². The van der Waals surface area contributed by atoms with Gasteiger partial charge in [0.15, 0.2) is 0 Å². The molecular formula is C15H15BrFN. The van der Waals surface area contributed by atoms with Crippen molar-refractivity contribution in [1.29, 1.82) is 0 Å². The minimum atomic E-state index is -0.240. The standard InChI is InChI=1S/C15H15BrFN/c1-4-18-11(3)10(2)5-8-15(18)13-7-6-12(17)9-14(13)16/h5-9H,3-4H2,1-2H3. The second kappa shape index (κ2) is 5.11. The van der Waals surface area contributed by atoms with E-state index in [-0.39, 0.29) is 5.82 Å². The molecule has 0 saturated heterocycles. The molecule has 1 aliphatic rings. The van der Waals surface area contributed by atoms with Gasteiger partial charge in [-0.25, -0.2) is 4.39 Å². The first kappa shape index (κ1) is 13.1. The first-order chi connectivity index (χ1) is 8.54. The van der Waals surface area contributed by atoms with E-state index >= 15 is 0 Å². The Balaban J connectivity index is 2.52. The zero-order valence-electron chi connectivity index (χ0n) is 10.5. The number of benzene rings is 1. The summed E-state index contributed by atoms with van der Waals surface area (Å²) in [6.07, 6.45) is 4.09. The van der Waals surface area contributed by atoms with Crippen LogP contribution >= 0.6 is 15.9 Å². The molecule has 2 rings (SSSR count). The Morgan fingerprint density at radius 2 is 2.06 bits per heavy atom. The molecule has 0 amide bonds. The Bertz CT molecular complexity index is 558. The van der Waals surface area contributed by atoms with Crippen LogP contribution < -0.4 is 0 Å². The second-order valence-corrected chi connectivity index (χ2v) is 5.07. The zero-order valence-corrected chi connectivity index (χ0v) is 12.1. The minimum Gasteiger partial charge on any atom is -0.342 e. The first-order valence-corrected chi connectivity index (χ1v) is 6.64. The topological polar surface area (TPSA) is 3.24 Å². The molecule has 0 aliphatic carbocycles. The van der Waals surface area contributed by atoms with Gasteiger partial charge in [-0.05, 0) is 59.6 Å². The fourth-order valence-electron chi connectivity index (χ4n) is 2.04. The van der Waals surface area contributed by atoms with E-state index in [1.165, 1.54) is 12.1 Å². The van der Waals surface area contributed by atoms with Crippen molar-refractivity contribution in [2.75, 3.05) is 6.54 Å². The lowest BCUT2D eigenvalue weighted by molar-refractivity contribution is 0.521. The number of nitrogens with zero attached hydrogens (tertiary/aromatic N) is 1. The van der Waals surface area contributed by atoms with Gasteiger partial charge in [0, 0.05) is 28.0 Å². The molecule has 0 radical (unpaired) electrons. The van der Waals surface area contributed by atoms with Gasteiger partial charge in [-0.1, -0.05) is 12.7 Å². The van der Waals surface area contributed by atoms with Gasteiger partial charge in [0.2, 0.25) is 0 Å². The summed E-state index contributed by atoms with van der Waals surface area (Å²) in [5, 5.41) is 0. The molecule has 1 heterocycles. The van der Waals surface area contributed by atoms with Crippen molar-refractivity contribution in [3.05, 3.63) is 64.1 Å². The molecular weight excluding hydrogens is 293 g/mol. The Morgan fingerprint density at radius 3 is 2.67 bits per heavy atom. The summed E-state index contributed by atoms with van der Waals surface area (Å²) in [5.74, 6) is -0.240. The number of rotatable bonds is 2. The molecule has 0 atom stereocenters. The van der Waals surface area contributed by atoms with Crippen LogP contribution in [0.15, 0.2) is 52.7 Å². The monoisotopic (exact) mass is 307 g/mol. The summed E-state index contributed by atoms with van der Waals surface area (Å²) in [4.78, 5) is 2.13. The van der Waals surface area contributed by atoms with E-state index in [1.54, 1.807) is 6.07 Å². The largest absolute Gasteiger partial charge is 0.342 e. The molecule has 1 aromatic carbocycles. The summed E-state index contributed by atoms with van der Waals surface area (Å²) in [7, 11) is 0. The fourth-order valence-corrected chi connectivity index (χ4v) is 2.60. The van der Waals surface area contributed by atoms with Gasteiger partial charge in [0.25, 0.3) is 0 Å². The lowest BCUT2D eigenvalue weighted by Gasteiger charge is -2.31. The van der Waals surface area contributed by atoms with Crippen molar-refractivity contribution in [3.63, 3.8) is 0 Å². The van der Waals surface area contributed by atoms with Crippen molar-refractivity contribution in [1.82, 2.24) is 4.90 Å². The number of hydrogen-bond acceptors (Lipinski definition) is 1. The second-order valence-electron chi connectivity index (χ2n) is 4.22. The Hall–Kier alpha value is -1.35. The first-order valence-electron chi connectivity index (χ1n) is 5.85. The molecule has 1 aliphatic heterocycles. The van der Waals surface area contributed by atoms with Crippen LogP contribution in [0.1, 0.15) is 19.4 Å². The average Bonchev–Trinajstić information content (AvgIpc) is 2.33. The van der Waals surface area contributed by atoms with Crippen LogP contribution in [-0.2, 0) is 0 Å². The third kappa shape index (κ3) is 2.27. The molecule has 1 nitrogen and oxygen atoms in total. The van der Waals surface area contributed by atoms with Crippen LogP contribution in [-0.4, -0.2) is 11.4 Å². The zero-order chi connectivity index (χ0) is 13.3. The minimum absolute atomic E-state index is 0.240. The molecule has 0 unspecified atom stereocenters. The molecule has 0 fully saturated rings. The van der Waals surface area contributed by atoms with Crippen LogP contribution in [0.3, 0.4) is 0 Å². The summed E-state index contributed by atoms with van der Waals surface area (Å²) in [5.41, 5.74) is 4.16. The molecule has 94 valence electrons. The third-order valence-electron chi connectivity index (χ3n) is 3.09. The quantitative estimate of drug-likeness (QED) is 0.764. The van der Waals surface area contributed by atoms with Gasteiger partial charge in [0.1, 0.15) is 5.82 Å². The predicted molar refractivity (Wildman–Crippen MR) is 77.4 cm³/mol. The van der Waals surface area contributed by atoms with Crippen molar-refractivity contribution in [3.8, 4) is 0 Å². The molecule has 1 aromatic rings. The Kier molecular flexibility index (Phi) is 3.71. The molecule has 0 bridgehead atoms. The summed E-state index contributed by atoms with van der Waals surface area (Å²) in [6.45, 7) is 9.05. The normalized spacial score (nSPS) is 15.6. The van der Waals surface area contributed by atoms with Crippen LogP contribution in [0.4, 0.5) is 4.39 Å². The van der Waals surface area contributed by atoms with Crippen molar-refractivity contribution < 1.29 is 4.39 Å². The number of likely N-dealkylation sites (N-methyl/N-ethyl adjacent to an activating group) is 1. The maximum atomic E-state index is 13.1. The number of allylic oxidation sites excluding steroid dienone is 3. The van der Waals surface area contributed by atoms with Gasteiger partial charge in [-0.15, -0.1) is 0 Å². The van der Waals surface area contributed by atoms with Gasteiger partial charge in [-0.3, -0.25) is 0 Å². The highest BCUT2D eigenvalue weighted by Gasteiger charge is 2.19. The van der Waals surface area contributed by atoms with Gasteiger partial charge < -0.3 is 4.90 Å². The highest BCUT2D eigenvalue weighted by atomic mass is 79.9. The highest BCUT2D eigenvalue weighted by Crippen LogP contribution is 2.34. The van der Waals surface area contributed by atoms with E-state index in [0.717, 1.165) is 33.5 Å². The fraction of sp³-hybridized carbons (Fsp3) is 0.200. The van der Waals surface area contributed by atoms with Crippen molar-refractivity contribution in [2.24, 2.45) is 0 Å². The number of hydrogen-bond donors (Lipinski definition) is 0. The van der Waals surface area contributed by atoms with Crippen molar-refractivity contribution >= 4 is 21.6 Å². The van der Waals surface area contributed by atoms with Crippen molar-refractivity contribution in [2.45, 2.75) is 13.8 Å². The lowest BCUT2D eigenvalue weighted by Crippen LogP contribution is -2.23. The van der Waals surface area contributed by atoms with E-state index in [1.807, 2.05) is 19.1 Å². The molecule has 18 heavy (non-hydrogen) atoms. The lowest BCUT2D eigenvalue weighted by atomic mass is 10.0. The maximum absolute atomic E-state index is 13.1. The molecule has 3 heteroatoms. The van der Waals surface area contributed by atoms with Crippen LogP contribution in [0, 0.1) is 5.82 Å². The third-order valence-corrected chi connectivity index (χ3v) is 3.74. The summed E-state index contributed by atoms with van der Waals surface area (Å²) < 4.78 is 13.9. The average molecular weight is 308 g/mol. The molecule has 0 spiro atoms. The smallest absolute Gasteiger partial charge is 0.124 e. The van der Waals surface area contributed by atoms with E-state index in [4.69, 9.17) is 0 Å². The molecule has 0 aromatic heterocycles. The van der Waals surface area contributed by atoms with E-state index in [2.05, 4.69) is 34.3 Å². The summed E-state index contributed by atoms with van der Waals surface area (Å²) in [6, 6.07) is 4.75.